The number of hydrogen-bond donors (Lipinski definition) is 3. The summed E-state index contributed by atoms with van der Waals surface area (Å²) in [6.07, 6.45) is 0. The van der Waals surface area contributed by atoms with E-state index in [-0.39, 0.29) is 23.3 Å². The van der Waals surface area contributed by atoms with E-state index in [1.165, 1.54) is 25.3 Å². The van der Waals surface area contributed by atoms with E-state index in [0.29, 0.717) is 12.1 Å². The van der Waals surface area contributed by atoms with Gasteiger partial charge in [0.1, 0.15) is 11.5 Å². The summed E-state index contributed by atoms with van der Waals surface area (Å²) in [4.78, 5) is 0. The third kappa shape index (κ3) is 3.64. The Bertz CT molecular complexity index is 631. The maximum atomic E-state index is 13.7. The van der Waals surface area contributed by atoms with Gasteiger partial charge in [-0.1, -0.05) is 12.1 Å². The number of benzene rings is 2. The molecule has 5 heteroatoms. The fourth-order valence-corrected chi connectivity index (χ4v) is 2.03. The van der Waals surface area contributed by atoms with Crippen LogP contribution < -0.4 is 10.1 Å². The molecular weight excluding hydrogens is 273 g/mol. The smallest absolute Gasteiger partial charge is 0.165 e. The highest BCUT2D eigenvalue weighted by atomic mass is 19.1. The van der Waals surface area contributed by atoms with Crippen LogP contribution in [0.15, 0.2) is 36.4 Å². The van der Waals surface area contributed by atoms with E-state index in [9.17, 15) is 14.6 Å². The molecule has 0 aromatic heterocycles. The lowest BCUT2D eigenvalue weighted by molar-refractivity contribution is 0.385. The molecule has 21 heavy (non-hydrogen) atoms. The molecule has 0 fully saturated rings. The first kappa shape index (κ1) is 15.1. The summed E-state index contributed by atoms with van der Waals surface area (Å²) in [5, 5.41) is 22.1. The number of nitrogens with one attached hydrogen (secondary N) is 1. The molecular formula is C16H18FNO3. The van der Waals surface area contributed by atoms with Gasteiger partial charge in [0.25, 0.3) is 0 Å². The van der Waals surface area contributed by atoms with E-state index in [4.69, 9.17) is 4.74 Å². The second-order valence-electron chi connectivity index (χ2n) is 4.81. The minimum Gasteiger partial charge on any atom is -0.508 e. The van der Waals surface area contributed by atoms with Crippen LogP contribution in [-0.2, 0) is 6.54 Å². The lowest BCUT2D eigenvalue weighted by Gasteiger charge is -2.16. The zero-order valence-electron chi connectivity index (χ0n) is 11.9. The molecule has 0 saturated heterocycles. The molecule has 0 heterocycles. The molecule has 2 rings (SSSR count). The first-order chi connectivity index (χ1) is 10.0. The summed E-state index contributed by atoms with van der Waals surface area (Å²) in [6.45, 7) is 2.31. The van der Waals surface area contributed by atoms with Gasteiger partial charge in [-0.15, -0.1) is 0 Å². The Hall–Kier alpha value is -2.27. The van der Waals surface area contributed by atoms with Gasteiger partial charge in [-0.2, -0.15) is 0 Å². The molecule has 0 bridgehead atoms. The molecule has 1 unspecified atom stereocenters. The van der Waals surface area contributed by atoms with E-state index in [0.717, 1.165) is 5.56 Å². The molecule has 2 aromatic rings. The van der Waals surface area contributed by atoms with Crippen LogP contribution in [0.4, 0.5) is 4.39 Å². The van der Waals surface area contributed by atoms with Crippen molar-refractivity contribution in [3.8, 4) is 17.2 Å². The molecule has 0 aliphatic rings. The quantitative estimate of drug-likeness (QED) is 0.792. The fraction of sp³-hybridized carbons (Fsp3) is 0.250. The number of methoxy groups -OCH3 is 1. The van der Waals surface area contributed by atoms with Gasteiger partial charge >= 0.3 is 0 Å². The third-order valence-electron chi connectivity index (χ3n) is 3.34. The van der Waals surface area contributed by atoms with E-state index in [2.05, 4.69) is 5.32 Å². The second kappa shape index (κ2) is 6.45. The molecule has 2 aromatic carbocycles. The maximum Gasteiger partial charge on any atom is 0.165 e. The van der Waals surface area contributed by atoms with Crippen molar-refractivity contribution in [3.05, 3.63) is 53.3 Å². The zero-order valence-corrected chi connectivity index (χ0v) is 11.9. The van der Waals surface area contributed by atoms with Gasteiger partial charge in [0, 0.05) is 24.2 Å². The van der Waals surface area contributed by atoms with Gasteiger partial charge in [-0.25, -0.2) is 4.39 Å². The van der Waals surface area contributed by atoms with Crippen LogP contribution >= 0.6 is 0 Å². The normalized spacial score (nSPS) is 12.1. The third-order valence-corrected chi connectivity index (χ3v) is 3.34. The van der Waals surface area contributed by atoms with Crippen molar-refractivity contribution in [2.75, 3.05) is 7.11 Å². The highest BCUT2D eigenvalue weighted by molar-refractivity contribution is 5.39. The minimum atomic E-state index is -0.406. The van der Waals surface area contributed by atoms with Crippen LogP contribution in [0.1, 0.15) is 24.1 Å². The zero-order chi connectivity index (χ0) is 15.4. The van der Waals surface area contributed by atoms with Crippen molar-refractivity contribution < 1.29 is 19.3 Å². The summed E-state index contributed by atoms with van der Waals surface area (Å²) in [7, 11) is 1.42. The maximum absolute atomic E-state index is 13.7. The van der Waals surface area contributed by atoms with Gasteiger partial charge < -0.3 is 20.3 Å². The van der Waals surface area contributed by atoms with Gasteiger partial charge in [0.2, 0.25) is 0 Å². The summed E-state index contributed by atoms with van der Waals surface area (Å²) < 4.78 is 18.5. The van der Waals surface area contributed by atoms with Crippen LogP contribution in [-0.4, -0.2) is 17.3 Å². The van der Waals surface area contributed by atoms with Gasteiger partial charge in [0.15, 0.2) is 11.6 Å². The molecule has 3 N–H and O–H groups in total. The van der Waals surface area contributed by atoms with Crippen molar-refractivity contribution in [2.24, 2.45) is 0 Å². The summed E-state index contributed by atoms with van der Waals surface area (Å²) in [5.41, 5.74) is 1.44. The van der Waals surface area contributed by atoms with Crippen molar-refractivity contribution in [3.63, 3.8) is 0 Å². The second-order valence-corrected chi connectivity index (χ2v) is 4.81. The van der Waals surface area contributed by atoms with E-state index >= 15 is 0 Å². The molecule has 0 aliphatic carbocycles. The van der Waals surface area contributed by atoms with Gasteiger partial charge in [-0.05, 0) is 30.7 Å². The SMILES string of the molecule is COc1ccc(C(C)NCc2ccc(O)cc2O)cc1F. The number of hydrogen-bond acceptors (Lipinski definition) is 4. The van der Waals surface area contributed by atoms with Crippen molar-refractivity contribution in [1.29, 1.82) is 0 Å². The molecule has 1 atom stereocenters. The molecule has 0 radical (unpaired) electrons. The number of aromatic hydroxyl groups is 2. The van der Waals surface area contributed by atoms with Crippen LogP contribution in [0.5, 0.6) is 17.2 Å². The Morgan fingerprint density at radius 3 is 2.57 bits per heavy atom. The highest BCUT2D eigenvalue weighted by Gasteiger charge is 2.10. The molecule has 112 valence electrons. The Kier molecular flexibility index (Phi) is 4.65. The van der Waals surface area contributed by atoms with E-state index in [1.807, 2.05) is 6.92 Å². The molecule has 0 spiro atoms. The summed E-state index contributed by atoms with van der Waals surface area (Å²) >= 11 is 0. The van der Waals surface area contributed by atoms with Crippen molar-refractivity contribution in [1.82, 2.24) is 5.32 Å². The predicted octanol–water partition coefficient (Wildman–Crippen LogP) is 3.10. The van der Waals surface area contributed by atoms with Gasteiger partial charge in [-0.3, -0.25) is 0 Å². The highest BCUT2D eigenvalue weighted by Crippen LogP contribution is 2.24. The predicted molar refractivity (Wildman–Crippen MR) is 78.0 cm³/mol. The van der Waals surface area contributed by atoms with Crippen molar-refractivity contribution in [2.45, 2.75) is 19.5 Å². The average Bonchev–Trinajstić information content (AvgIpc) is 2.46. The summed E-state index contributed by atoms with van der Waals surface area (Å²) in [6, 6.07) is 9.13. The lowest BCUT2D eigenvalue weighted by Crippen LogP contribution is -2.18. The molecule has 4 nitrogen and oxygen atoms in total. The van der Waals surface area contributed by atoms with Crippen LogP contribution in [0, 0.1) is 5.82 Å². The van der Waals surface area contributed by atoms with E-state index < -0.39 is 5.82 Å². The number of phenols is 2. The average molecular weight is 291 g/mol. The number of halogens is 1. The first-order valence-corrected chi connectivity index (χ1v) is 6.59. The van der Waals surface area contributed by atoms with Crippen LogP contribution in [0.25, 0.3) is 0 Å². The molecule has 0 amide bonds. The first-order valence-electron chi connectivity index (χ1n) is 6.59. The Morgan fingerprint density at radius 2 is 1.95 bits per heavy atom. The standard InChI is InChI=1S/C16H18FNO3/c1-10(11-4-6-16(21-2)14(17)7-11)18-9-12-3-5-13(19)8-15(12)20/h3-8,10,18-20H,9H2,1-2H3. The van der Waals surface area contributed by atoms with Crippen LogP contribution in [0.2, 0.25) is 0 Å². The summed E-state index contributed by atoms with van der Waals surface area (Å²) in [5.74, 6) is -0.157. The molecule has 0 aliphatic heterocycles. The minimum absolute atomic E-state index is 0.0153. The van der Waals surface area contributed by atoms with Gasteiger partial charge in [0.05, 0.1) is 7.11 Å². The largest absolute Gasteiger partial charge is 0.508 e. The lowest BCUT2D eigenvalue weighted by atomic mass is 10.1. The van der Waals surface area contributed by atoms with Crippen LogP contribution in [0.3, 0.4) is 0 Å². The number of rotatable bonds is 5. The fourth-order valence-electron chi connectivity index (χ4n) is 2.03. The number of phenolic OH excluding ortho intramolecular Hbond substituents is 2. The number of ether oxygens (including phenoxy) is 1. The van der Waals surface area contributed by atoms with E-state index in [1.54, 1.807) is 18.2 Å². The topological polar surface area (TPSA) is 61.7 Å². The Labute approximate surface area is 122 Å². The monoisotopic (exact) mass is 291 g/mol. The Balaban J connectivity index is 2.04. The Morgan fingerprint density at radius 1 is 1.19 bits per heavy atom. The van der Waals surface area contributed by atoms with Crippen molar-refractivity contribution >= 4 is 0 Å². The molecule has 0 saturated carbocycles.